The lowest BCUT2D eigenvalue weighted by molar-refractivity contribution is 0.0978. The molecule has 2 aromatic rings. The van der Waals surface area contributed by atoms with Crippen LogP contribution in [0.25, 0.3) is 0 Å². The largest absolute Gasteiger partial charge is 0.332 e. The number of rotatable bonds is 2. The molecule has 0 heterocycles. The summed E-state index contributed by atoms with van der Waals surface area (Å²) >= 11 is 11.1. The zero-order valence-electron chi connectivity index (χ0n) is 11.7. The molecule has 1 amide bonds. The second-order valence-electron chi connectivity index (χ2n) is 4.69. The van der Waals surface area contributed by atoms with Crippen molar-refractivity contribution in [1.29, 1.82) is 0 Å². The van der Waals surface area contributed by atoms with Crippen LogP contribution in [0.15, 0.2) is 42.5 Å². The molecule has 2 N–H and O–H groups in total. The molecule has 0 atom stereocenters. The summed E-state index contributed by atoms with van der Waals surface area (Å²) in [5.41, 5.74) is 3.58. The normalized spacial score (nSPS) is 10.0. The van der Waals surface area contributed by atoms with Crippen molar-refractivity contribution in [2.45, 2.75) is 13.8 Å². The number of carbonyl (C=O) groups is 1. The Morgan fingerprint density at radius 3 is 2.48 bits per heavy atom. The highest BCUT2D eigenvalue weighted by atomic mass is 35.5. The number of thiocarbonyl (C=S) groups is 1. The van der Waals surface area contributed by atoms with E-state index in [4.69, 9.17) is 23.8 Å². The molecule has 0 unspecified atom stereocenters. The van der Waals surface area contributed by atoms with Crippen molar-refractivity contribution in [2.75, 3.05) is 5.32 Å². The van der Waals surface area contributed by atoms with E-state index in [0.29, 0.717) is 10.6 Å². The molecule has 0 saturated carbocycles. The molecule has 0 fully saturated rings. The SMILES string of the molecule is Cc1ccc(NC(=S)NC(=O)c2ccccc2Cl)cc1C. The number of halogens is 1. The Morgan fingerprint density at radius 2 is 1.81 bits per heavy atom. The summed E-state index contributed by atoms with van der Waals surface area (Å²) in [6.07, 6.45) is 0. The lowest BCUT2D eigenvalue weighted by Crippen LogP contribution is -2.34. The van der Waals surface area contributed by atoms with Gasteiger partial charge < -0.3 is 5.32 Å². The monoisotopic (exact) mass is 318 g/mol. The van der Waals surface area contributed by atoms with Crippen molar-refractivity contribution in [2.24, 2.45) is 0 Å². The number of anilines is 1. The summed E-state index contributed by atoms with van der Waals surface area (Å²) in [5, 5.41) is 6.23. The fourth-order valence-electron chi connectivity index (χ4n) is 1.80. The Labute approximate surface area is 134 Å². The van der Waals surface area contributed by atoms with Crippen LogP contribution >= 0.6 is 23.8 Å². The summed E-state index contributed by atoms with van der Waals surface area (Å²) in [7, 11) is 0. The van der Waals surface area contributed by atoms with Gasteiger partial charge in [-0.05, 0) is 61.5 Å². The van der Waals surface area contributed by atoms with Gasteiger partial charge in [-0.1, -0.05) is 29.8 Å². The molecule has 108 valence electrons. The van der Waals surface area contributed by atoms with Gasteiger partial charge in [-0.2, -0.15) is 0 Å². The summed E-state index contributed by atoms with van der Waals surface area (Å²) < 4.78 is 0. The van der Waals surface area contributed by atoms with Gasteiger partial charge in [0, 0.05) is 5.69 Å². The number of hydrogen-bond donors (Lipinski definition) is 2. The van der Waals surface area contributed by atoms with Crippen molar-refractivity contribution >= 4 is 40.5 Å². The molecule has 0 aliphatic heterocycles. The first-order valence-corrected chi connectivity index (χ1v) is 7.20. The van der Waals surface area contributed by atoms with Crippen LogP contribution in [-0.2, 0) is 0 Å². The van der Waals surface area contributed by atoms with Gasteiger partial charge in [-0.3, -0.25) is 10.1 Å². The van der Waals surface area contributed by atoms with E-state index in [9.17, 15) is 4.79 Å². The second kappa shape index (κ2) is 6.70. The third-order valence-corrected chi connectivity index (χ3v) is 3.64. The zero-order chi connectivity index (χ0) is 15.4. The van der Waals surface area contributed by atoms with Gasteiger partial charge in [0.1, 0.15) is 0 Å². The molecule has 0 aliphatic carbocycles. The molecule has 3 nitrogen and oxygen atoms in total. The molecule has 2 aromatic carbocycles. The van der Waals surface area contributed by atoms with Crippen molar-refractivity contribution in [3.63, 3.8) is 0 Å². The zero-order valence-corrected chi connectivity index (χ0v) is 13.3. The average molecular weight is 319 g/mol. The van der Waals surface area contributed by atoms with Crippen LogP contribution < -0.4 is 10.6 Å². The molecular formula is C16H15ClN2OS. The number of aryl methyl sites for hydroxylation is 2. The number of carbonyl (C=O) groups excluding carboxylic acids is 1. The van der Waals surface area contributed by atoms with Gasteiger partial charge in [-0.15, -0.1) is 0 Å². The Bertz CT molecular complexity index is 700. The minimum Gasteiger partial charge on any atom is -0.332 e. The van der Waals surface area contributed by atoms with Crippen LogP contribution in [0, 0.1) is 13.8 Å². The van der Waals surface area contributed by atoms with Crippen LogP contribution in [0.3, 0.4) is 0 Å². The van der Waals surface area contributed by atoms with Gasteiger partial charge in [0.15, 0.2) is 5.11 Å². The van der Waals surface area contributed by atoms with Gasteiger partial charge >= 0.3 is 0 Å². The van der Waals surface area contributed by atoms with Gasteiger partial charge in [0.05, 0.1) is 10.6 Å². The van der Waals surface area contributed by atoms with Crippen molar-refractivity contribution < 1.29 is 4.79 Å². The predicted octanol–water partition coefficient (Wildman–Crippen LogP) is 4.08. The smallest absolute Gasteiger partial charge is 0.258 e. The molecule has 0 spiro atoms. The standard InChI is InChI=1S/C16H15ClN2OS/c1-10-7-8-12(9-11(10)2)18-16(21)19-15(20)13-5-3-4-6-14(13)17/h3-9H,1-2H3,(H2,18,19,20,21). The second-order valence-corrected chi connectivity index (χ2v) is 5.50. The summed E-state index contributed by atoms with van der Waals surface area (Å²) in [4.78, 5) is 12.1. The van der Waals surface area contributed by atoms with Crippen LogP contribution in [0.5, 0.6) is 0 Å². The maximum atomic E-state index is 12.1. The molecule has 21 heavy (non-hydrogen) atoms. The highest BCUT2D eigenvalue weighted by Gasteiger charge is 2.11. The van der Waals surface area contributed by atoms with Crippen LogP contribution in [-0.4, -0.2) is 11.0 Å². The van der Waals surface area contributed by atoms with Crippen LogP contribution in [0.2, 0.25) is 5.02 Å². The van der Waals surface area contributed by atoms with Crippen molar-refractivity contribution in [1.82, 2.24) is 5.32 Å². The Morgan fingerprint density at radius 1 is 1.10 bits per heavy atom. The quantitative estimate of drug-likeness (QED) is 0.820. The third-order valence-electron chi connectivity index (χ3n) is 3.11. The molecule has 0 radical (unpaired) electrons. The minimum atomic E-state index is -0.332. The number of hydrogen-bond acceptors (Lipinski definition) is 2. The Balaban J connectivity index is 2.03. The van der Waals surface area contributed by atoms with Crippen LogP contribution in [0.4, 0.5) is 5.69 Å². The van der Waals surface area contributed by atoms with E-state index in [1.54, 1.807) is 24.3 Å². The van der Waals surface area contributed by atoms with Crippen molar-refractivity contribution in [3.8, 4) is 0 Å². The lowest BCUT2D eigenvalue weighted by Gasteiger charge is -2.11. The molecule has 0 aliphatic rings. The molecule has 5 heteroatoms. The Hall–Kier alpha value is -1.91. The van der Waals surface area contributed by atoms with E-state index < -0.39 is 0 Å². The highest BCUT2D eigenvalue weighted by Crippen LogP contribution is 2.16. The van der Waals surface area contributed by atoms with Gasteiger partial charge in [-0.25, -0.2) is 0 Å². The first-order chi connectivity index (χ1) is 9.97. The first-order valence-electron chi connectivity index (χ1n) is 6.41. The number of benzene rings is 2. The minimum absolute atomic E-state index is 0.239. The van der Waals surface area contributed by atoms with Crippen molar-refractivity contribution in [3.05, 3.63) is 64.2 Å². The summed E-state index contributed by atoms with van der Waals surface area (Å²) in [6.45, 7) is 4.06. The molecule has 0 aromatic heterocycles. The van der Waals surface area contributed by atoms with E-state index in [2.05, 4.69) is 10.6 Å². The van der Waals surface area contributed by atoms with E-state index >= 15 is 0 Å². The topological polar surface area (TPSA) is 41.1 Å². The van der Waals surface area contributed by atoms with Gasteiger partial charge in [0.25, 0.3) is 5.91 Å². The molecular weight excluding hydrogens is 304 g/mol. The van der Waals surface area contributed by atoms with Gasteiger partial charge in [0.2, 0.25) is 0 Å². The third kappa shape index (κ3) is 4.03. The fourth-order valence-corrected chi connectivity index (χ4v) is 2.23. The molecule has 0 bridgehead atoms. The first kappa shape index (κ1) is 15.5. The predicted molar refractivity (Wildman–Crippen MR) is 91.1 cm³/mol. The number of amides is 1. The Kier molecular flexibility index (Phi) is 4.94. The average Bonchev–Trinajstić information content (AvgIpc) is 2.43. The molecule has 2 rings (SSSR count). The highest BCUT2D eigenvalue weighted by molar-refractivity contribution is 7.80. The fraction of sp³-hybridized carbons (Fsp3) is 0.125. The lowest BCUT2D eigenvalue weighted by atomic mass is 10.1. The maximum absolute atomic E-state index is 12.1. The van der Waals surface area contributed by atoms with E-state index in [1.165, 1.54) is 5.56 Å². The summed E-state index contributed by atoms with van der Waals surface area (Å²) in [6, 6.07) is 12.7. The van der Waals surface area contributed by atoms with E-state index in [-0.39, 0.29) is 11.0 Å². The van der Waals surface area contributed by atoms with E-state index in [0.717, 1.165) is 11.3 Å². The molecule has 0 saturated heterocycles. The van der Waals surface area contributed by atoms with E-state index in [1.807, 2.05) is 32.0 Å². The van der Waals surface area contributed by atoms with Crippen LogP contribution in [0.1, 0.15) is 21.5 Å². The maximum Gasteiger partial charge on any atom is 0.258 e. The summed E-state index contributed by atoms with van der Waals surface area (Å²) in [5.74, 6) is -0.332. The number of nitrogens with one attached hydrogen (secondary N) is 2.